The van der Waals surface area contributed by atoms with E-state index in [1.807, 2.05) is 37.3 Å². The molecular formula is C17H17NO3S. The van der Waals surface area contributed by atoms with Crippen LogP contribution in [0.1, 0.15) is 24.1 Å². The maximum atomic E-state index is 12.8. The zero-order valence-corrected chi connectivity index (χ0v) is 13.2. The Labute approximate surface area is 130 Å². The van der Waals surface area contributed by atoms with Crippen molar-refractivity contribution in [3.63, 3.8) is 0 Å². The van der Waals surface area contributed by atoms with Crippen molar-refractivity contribution in [1.29, 1.82) is 0 Å². The van der Waals surface area contributed by atoms with Crippen LogP contribution in [0.2, 0.25) is 0 Å². The summed E-state index contributed by atoms with van der Waals surface area (Å²) in [5.74, 6) is -0.135. The molecule has 1 aliphatic rings. The molecule has 1 heterocycles. The molecule has 4 nitrogen and oxygen atoms in total. The highest BCUT2D eigenvalue weighted by Crippen LogP contribution is 2.47. The van der Waals surface area contributed by atoms with E-state index in [0.29, 0.717) is 0 Å². The molecule has 3 rings (SSSR count). The van der Waals surface area contributed by atoms with Gasteiger partial charge in [-0.3, -0.25) is 4.79 Å². The highest BCUT2D eigenvalue weighted by atomic mass is 32.2. The van der Waals surface area contributed by atoms with Gasteiger partial charge in [-0.2, -0.15) is 4.31 Å². The van der Waals surface area contributed by atoms with Crippen LogP contribution < -0.4 is 0 Å². The Morgan fingerprint density at radius 3 is 2.14 bits per heavy atom. The van der Waals surface area contributed by atoms with E-state index < -0.39 is 22.1 Å². The molecule has 2 aromatic rings. The number of hydrogen-bond donors (Lipinski definition) is 0. The van der Waals surface area contributed by atoms with Crippen molar-refractivity contribution in [3.8, 4) is 0 Å². The molecule has 0 aliphatic carbocycles. The first kappa shape index (κ1) is 14.9. The van der Waals surface area contributed by atoms with E-state index in [-0.39, 0.29) is 10.7 Å². The minimum Gasteiger partial charge on any atom is -0.298 e. The molecular weight excluding hydrogens is 298 g/mol. The van der Waals surface area contributed by atoms with Crippen molar-refractivity contribution in [2.75, 3.05) is 0 Å². The van der Waals surface area contributed by atoms with Crippen molar-refractivity contribution < 1.29 is 13.2 Å². The van der Waals surface area contributed by atoms with Gasteiger partial charge in [0.2, 0.25) is 10.0 Å². The van der Waals surface area contributed by atoms with E-state index in [9.17, 15) is 13.2 Å². The fourth-order valence-corrected chi connectivity index (χ4v) is 4.49. The van der Waals surface area contributed by atoms with Gasteiger partial charge in [0.05, 0.1) is 10.9 Å². The maximum absolute atomic E-state index is 12.8. The summed E-state index contributed by atoms with van der Waals surface area (Å²) in [6.07, 6.45) is 0. The normalized spacial score (nSPS) is 24.0. The third-order valence-corrected chi connectivity index (χ3v) is 5.79. The van der Waals surface area contributed by atoms with Crippen LogP contribution in [-0.4, -0.2) is 24.5 Å². The number of carbonyl (C=O) groups is 1. The van der Waals surface area contributed by atoms with Gasteiger partial charge in [-0.1, -0.05) is 48.0 Å². The third kappa shape index (κ3) is 2.46. The Morgan fingerprint density at radius 2 is 1.59 bits per heavy atom. The van der Waals surface area contributed by atoms with Crippen molar-refractivity contribution in [1.82, 2.24) is 4.31 Å². The number of rotatable bonds is 4. The summed E-state index contributed by atoms with van der Waals surface area (Å²) in [4.78, 5) is 12.1. The molecule has 1 unspecified atom stereocenters. The summed E-state index contributed by atoms with van der Waals surface area (Å²) in [5.41, 5.74) is 1.84. The molecule has 0 spiro atoms. The standard InChI is InChI=1S/C17H17NO3S/c1-12-8-10-15(11-9-12)22(20,21)18-16(13(2)19)17(18)14-6-4-3-5-7-14/h3-11,16-17H,1-2H3/t16-,17-,18?/m1/s1. The second-order valence-corrected chi connectivity index (χ2v) is 7.40. The molecule has 0 amide bonds. The molecule has 1 fully saturated rings. The van der Waals surface area contributed by atoms with Gasteiger partial charge in [-0.05, 0) is 31.5 Å². The molecule has 3 atom stereocenters. The number of nitrogens with zero attached hydrogens (tertiary/aromatic N) is 1. The number of ketones is 1. The first-order chi connectivity index (χ1) is 10.4. The minimum absolute atomic E-state index is 0.135. The summed E-state index contributed by atoms with van der Waals surface area (Å²) < 4.78 is 26.9. The number of aryl methyl sites for hydroxylation is 1. The summed E-state index contributed by atoms with van der Waals surface area (Å²) in [5, 5.41) is 0. The Balaban J connectivity index is 1.99. The van der Waals surface area contributed by atoms with Crippen molar-refractivity contribution in [2.24, 2.45) is 0 Å². The topological polar surface area (TPSA) is 54.2 Å². The van der Waals surface area contributed by atoms with E-state index in [0.717, 1.165) is 11.1 Å². The molecule has 2 aromatic carbocycles. The van der Waals surface area contributed by atoms with E-state index in [1.165, 1.54) is 11.2 Å². The van der Waals surface area contributed by atoms with Gasteiger partial charge in [0.15, 0.2) is 0 Å². The molecule has 1 aliphatic heterocycles. The number of sulfonamides is 1. The second-order valence-electron chi connectivity index (χ2n) is 5.56. The number of hydrogen-bond acceptors (Lipinski definition) is 3. The van der Waals surface area contributed by atoms with Crippen LogP contribution in [0.25, 0.3) is 0 Å². The van der Waals surface area contributed by atoms with Gasteiger partial charge in [0, 0.05) is 0 Å². The third-order valence-electron chi connectivity index (χ3n) is 3.91. The summed E-state index contributed by atoms with van der Waals surface area (Å²) in [6.45, 7) is 3.34. The molecule has 0 radical (unpaired) electrons. The molecule has 0 N–H and O–H groups in total. The van der Waals surface area contributed by atoms with Crippen LogP contribution in [0.3, 0.4) is 0 Å². The van der Waals surface area contributed by atoms with E-state index >= 15 is 0 Å². The average molecular weight is 315 g/mol. The van der Waals surface area contributed by atoms with Gasteiger partial charge < -0.3 is 0 Å². The van der Waals surface area contributed by atoms with Crippen LogP contribution in [0.4, 0.5) is 0 Å². The van der Waals surface area contributed by atoms with Crippen LogP contribution in [0, 0.1) is 6.92 Å². The lowest BCUT2D eigenvalue weighted by Gasteiger charge is -2.07. The number of benzene rings is 2. The fraction of sp³-hybridized carbons (Fsp3) is 0.235. The van der Waals surface area contributed by atoms with Crippen LogP contribution >= 0.6 is 0 Å². The van der Waals surface area contributed by atoms with Crippen LogP contribution in [0.15, 0.2) is 59.5 Å². The van der Waals surface area contributed by atoms with Crippen LogP contribution in [0.5, 0.6) is 0 Å². The highest BCUT2D eigenvalue weighted by molar-refractivity contribution is 7.89. The Hall–Kier alpha value is -1.98. The number of Topliss-reactive ketones (excluding diaryl/α,β-unsaturated/α-hetero) is 1. The number of carbonyl (C=O) groups excluding carboxylic acids is 1. The highest BCUT2D eigenvalue weighted by Gasteiger charge is 2.58. The SMILES string of the molecule is CC(=O)[C@@H]1[C@@H](c2ccccc2)N1S(=O)(=O)c1ccc(C)cc1. The largest absolute Gasteiger partial charge is 0.298 e. The van der Waals surface area contributed by atoms with E-state index in [1.54, 1.807) is 24.3 Å². The zero-order valence-electron chi connectivity index (χ0n) is 12.4. The van der Waals surface area contributed by atoms with Crippen molar-refractivity contribution in [2.45, 2.75) is 30.8 Å². The maximum Gasteiger partial charge on any atom is 0.244 e. The summed E-state index contributed by atoms with van der Waals surface area (Å²) >= 11 is 0. The lowest BCUT2D eigenvalue weighted by Crippen LogP contribution is -2.18. The van der Waals surface area contributed by atoms with E-state index in [2.05, 4.69) is 0 Å². The molecule has 1 saturated heterocycles. The van der Waals surface area contributed by atoms with Gasteiger partial charge in [-0.15, -0.1) is 0 Å². The average Bonchev–Trinajstić information content (AvgIpc) is 3.25. The predicted molar refractivity (Wildman–Crippen MR) is 83.9 cm³/mol. The lowest BCUT2D eigenvalue weighted by molar-refractivity contribution is -0.117. The molecule has 0 aromatic heterocycles. The van der Waals surface area contributed by atoms with Gasteiger partial charge >= 0.3 is 0 Å². The molecule has 5 heteroatoms. The summed E-state index contributed by atoms with van der Waals surface area (Å²) in [7, 11) is -3.66. The van der Waals surface area contributed by atoms with E-state index in [4.69, 9.17) is 0 Å². The Morgan fingerprint density at radius 1 is 1.00 bits per heavy atom. The fourth-order valence-electron chi connectivity index (χ4n) is 2.72. The second kappa shape index (κ2) is 5.34. The Kier molecular flexibility index (Phi) is 3.62. The molecule has 0 bridgehead atoms. The lowest BCUT2D eigenvalue weighted by atomic mass is 10.1. The first-order valence-corrected chi connectivity index (χ1v) is 8.52. The van der Waals surface area contributed by atoms with Gasteiger partial charge in [0.1, 0.15) is 11.8 Å². The molecule has 0 saturated carbocycles. The minimum atomic E-state index is -3.66. The summed E-state index contributed by atoms with van der Waals surface area (Å²) in [6, 6.07) is 15.0. The molecule has 22 heavy (non-hydrogen) atoms. The molecule has 114 valence electrons. The smallest absolute Gasteiger partial charge is 0.244 e. The van der Waals surface area contributed by atoms with Crippen LogP contribution in [-0.2, 0) is 14.8 Å². The van der Waals surface area contributed by atoms with Crippen molar-refractivity contribution in [3.05, 3.63) is 65.7 Å². The quantitative estimate of drug-likeness (QED) is 0.815. The predicted octanol–water partition coefficient (Wildman–Crippen LogP) is 2.70. The Bertz CT molecular complexity index is 798. The van der Waals surface area contributed by atoms with Gasteiger partial charge in [0.25, 0.3) is 0 Å². The first-order valence-electron chi connectivity index (χ1n) is 7.08. The van der Waals surface area contributed by atoms with Gasteiger partial charge in [-0.25, -0.2) is 8.42 Å². The van der Waals surface area contributed by atoms with Crippen molar-refractivity contribution >= 4 is 15.8 Å². The zero-order chi connectivity index (χ0) is 15.9. The monoisotopic (exact) mass is 315 g/mol.